The molecule has 1 aliphatic heterocycles. The van der Waals surface area contributed by atoms with E-state index in [0.29, 0.717) is 18.2 Å². The van der Waals surface area contributed by atoms with E-state index in [1.807, 2.05) is 12.1 Å². The minimum atomic E-state index is 0.338. The van der Waals surface area contributed by atoms with Crippen LogP contribution in [-0.2, 0) is 4.74 Å². The molecule has 1 aromatic rings. The lowest BCUT2D eigenvalue weighted by Crippen LogP contribution is -2.39. The Hall–Kier alpha value is -0.800. The molecule has 3 unspecified atom stereocenters. The molecule has 0 radical (unpaired) electrons. The summed E-state index contributed by atoms with van der Waals surface area (Å²) >= 11 is 0. The third-order valence-electron chi connectivity index (χ3n) is 3.22. The van der Waals surface area contributed by atoms with E-state index in [0.717, 1.165) is 31.6 Å². The van der Waals surface area contributed by atoms with Gasteiger partial charge in [0.25, 0.3) is 0 Å². The van der Waals surface area contributed by atoms with Gasteiger partial charge in [0.1, 0.15) is 5.76 Å². The van der Waals surface area contributed by atoms with Crippen LogP contribution in [-0.4, -0.2) is 18.8 Å². The molecule has 1 N–H and O–H groups in total. The van der Waals surface area contributed by atoms with Crippen LogP contribution in [0.15, 0.2) is 22.8 Å². The van der Waals surface area contributed by atoms with E-state index in [1.54, 1.807) is 6.26 Å². The van der Waals surface area contributed by atoms with Gasteiger partial charge in [0, 0.05) is 12.6 Å². The lowest BCUT2D eigenvalue weighted by Gasteiger charge is -2.30. The molecule has 1 aromatic heterocycles. The molecule has 1 fully saturated rings. The van der Waals surface area contributed by atoms with E-state index >= 15 is 0 Å². The molecule has 0 bridgehead atoms. The Labute approximate surface area is 97.2 Å². The van der Waals surface area contributed by atoms with Crippen molar-refractivity contribution in [2.75, 3.05) is 6.61 Å². The van der Waals surface area contributed by atoms with Gasteiger partial charge in [-0.1, -0.05) is 6.92 Å². The van der Waals surface area contributed by atoms with E-state index in [1.165, 1.54) is 0 Å². The highest BCUT2D eigenvalue weighted by molar-refractivity contribution is 5.04. The van der Waals surface area contributed by atoms with Crippen LogP contribution in [0, 0.1) is 0 Å². The quantitative estimate of drug-likeness (QED) is 0.852. The first-order valence-electron chi connectivity index (χ1n) is 6.20. The Morgan fingerprint density at radius 2 is 2.44 bits per heavy atom. The number of nitrogens with one attached hydrogen (secondary N) is 1. The van der Waals surface area contributed by atoms with Crippen LogP contribution in [0.1, 0.15) is 44.9 Å². The third kappa shape index (κ3) is 2.86. The number of hydrogen-bond donors (Lipinski definition) is 1. The van der Waals surface area contributed by atoms with E-state index in [2.05, 4.69) is 19.2 Å². The molecule has 3 atom stereocenters. The second kappa shape index (κ2) is 5.51. The van der Waals surface area contributed by atoms with Crippen molar-refractivity contribution in [2.24, 2.45) is 0 Å². The van der Waals surface area contributed by atoms with E-state index < -0.39 is 0 Å². The molecular formula is C13H21NO2. The summed E-state index contributed by atoms with van der Waals surface area (Å²) in [7, 11) is 0. The number of furan rings is 1. The molecule has 0 saturated carbocycles. The summed E-state index contributed by atoms with van der Waals surface area (Å²) in [6.07, 6.45) is 5.37. The highest BCUT2D eigenvalue weighted by Gasteiger charge is 2.22. The van der Waals surface area contributed by atoms with Crippen molar-refractivity contribution in [3.8, 4) is 0 Å². The second-order valence-corrected chi connectivity index (χ2v) is 4.55. The molecule has 3 heteroatoms. The van der Waals surface area contributed by atoms with Gasteiger partial charge < -0.3 is 14.5 Å². The Morgan fingerprint density at radius 3 is 3.06 bits per heavy atom. The van der Waals surface area contributed by atoms with E-state index in [4.69, 9.17) is 9.15 Å². The molecule has 0 aromatic carbocycles. The molecule has 3 nitrogen and oxygen atoms in total. The van der Waals surface area contributed by atoms with Crippen LogP contribution in [0.5, 0.6) is 0 Å². The maximum Gasteiger partial charge on any atom is 0.120 e. The summed E-state index contributed by atoms with van der Waals surface area (Å²) in [5.41, 5.74) is 0. The predicted octanol–water partition coefficient (Wildman–Crippen LogP) is 2.89. The lowest BCUT2D eigenvalue weighted by molar-refractivity contribution is 0.0106. The SMILES string of the molecule is CCC(NC1CCOC(C)C1)c1ccco1. The molecule has 16 heavy (non-hydrogen) atoms. The third-order valence-corrected chi connectivity index (χ3v) is 3.22. The van der Waals surface area contributed by atoms with Gasteiger partial charge in [0.15, 0.2) is 0 Å². The molecule has 0 spiro atoms. The zero-order chi connectivity index (χ0) is 11.4. The fourth-order valence-electron chi connectivity index (χ4n) is 2.32. The van der Waals surface area contributed by atoms with Gasteiger partial charge in [-0.05, 0) is 38.3 Å². The minimum absolute atomic E-state index is 0.338. The molecule has 0 aliphatic carbocycles. The van der Waals surface area contributed by atoms with E-state index in [-0.39, 0.29) is 0 Å². The number of ether oxygens (including phenoxy) is 1. The highest BCUT2D eigenvalue weighted by atomic mass is 16.5. The Balaban J connectivity index is 1.91. The van der Waals surface area contributed by atoms with Gasteiger partial charge in [-0.25, -0.2) is 0 Å². The van der Waals surface area contributed by atoms with E-state index in [9.17, 15) is 0 Å². The largest absolute Gasteiger partial charge is 0.468 e. The molecule has 90 valence electrons. The van der Waals surface area contributed by atoms with Crippen molar-refractivity contribution in [1.82, 2.24) is 5.32 Å². The number of rotatable bonds is 4. The van der Waals surface area contributed by atoms with Crippen LogP contribution in [0.2, 0.25) is 0 Å². The van der Waals surface area contributed by atoms with Gasteiger partial charge in [-0.2, -0.15) is 0 Å². The summed E-state index contributed by atoms with van der Waals surface area (Å²) in [6, 6.07) is 4.89. The van der Waals surface area contributed by atoms with Gasteiger partial charge >= 0.3 is 0 Å². The summed E-state index contributed by atoms with van der Waals surface area (Å²) in [6.45, 7) is 5.19. The fraction of sp³-hybridized carbons (Fsp3) is 0.692. The minimum Gasteiger partial charge on any atom is -0.468 e. The van der Waals surface area contributed by atoms with Crippen LogP contribution in [0.3, 0.4) is 0 Å². The molecule has 0 amide bonds. The van der Waals surface area contributed by atoms with Crippen molar-refractivity contribution < 1.29 is 9.15 Å². The van der Waals surface area contributed by atoms with Gasteiger partial charge in [0.2, 0.25) is 0 Å². The summed E-state index contributed by atoms with van der Waals surface area (Å²) in [5, 5.41) is 3.66. The average molecular weight is 223 g/mol. The first-order valence-corrected chi connectivity index (χ1v) is 6.20. The van der Waals surface area contributed by atoms with Crippen molar-refractivity contribution in [2.45, 2.75) is 51.3 Å². The zero-order valence-corrected chi connectivity index (χ0v) is 10.1. The Morgan fingerprint density at radius 1 is 1.56 bits per heavy atom. The maximum absolute atomic E-state index is 5.55. The van der Waals surface area contributed by atoms with Crippen LogP contribution < -0.4 is 5.32 Å². The van der Waals surface area contributed by atoms with Crippen LogP contribution in [0.25, 0.3) is 0 Å². The summed E-state index contributed by atoms with van der Waals surface area (Å²) < 4.78 is 11.0. The Kier molecular flexibility index (Phi) is 4.02. The summed E-state index contributed by atoms with van der Waals surface area (Å²) in [5.74, 6) is 1.04. The van der Waals surface area contributed by atoms with Crippen molar-refractivity contribution in [3.05, 3.63) is 24.2 Å². The fourth-order valence-corrected chi connectivity index (χ4v) is 2.32. The summed E-state index contributed by atoms with van der Waals surface area (Å²) in [4.78, 5) is 0. The normalized spacial score (nSPS) is 27.9. The van der Waals surface area contributed by atoms with Gasteiger partial charge in [-0.15, -0.1) is 0 Å². The predicted molar refractivity (Wildman–Crippen MR) is 63.3 cm³/mol. The molecular weight excluding hydrogens is 202 g/mol. The highest BCUT2D eigenvalue weighted by Crippen LogP contribution is 2.21. The molecule has 1 aliphatic rings. The van der Waals surface area contributed by atoms with Gasteiger partial charge in [0.05, 0.1) is 18.4 Å². The standard InChI is InChI=1S/C13H21NO2/c1-3-12(13-5-4-7-16-13)14-11-6-8-15-10(2)9-11/h4-5,7,10-12,14H,3,6,8-9H2,1-2H3. The Bertz CT molecular complexity index is 297. The maximum atomic E-state index is 5.55. The second-order valence-electron chi connectivity index (χ2n) is 4.55. The van der Waals surface area contributed by atoms with Crippen LogP contribution >= 0.6 is 0 Å². The van der Waals surface area contributed by atoms with Crippen molar-refractivity contribution in [1.29, 1.82) is 0 Å². The molecule has 2 heterocycles. The average Bonchev–Trinajstić information content (AvgIpc) is 2.79. The van der Waals surface area contributed by atoms with Crippen LogP contribution in [0.4, 0.5) is 0 Å². The smallest absolute Gasteiger partial charge is 0.120 e. The molecule has 2 rings (SSSR count). The lowest BCUT2D eigenvalue weighted by atomic mass is 10.0. The first kappa shape index (κ1) is 11.7. The molecule has 1 saturated heterocycles. The zero-order valence-electron chi connectivity index (χ0n) is 10.1. The van der Waals surface area contributed by atoms with Crippen molar-refractivity contribution in [3.63, 3.8) is 0 Å². The van der Waals surface area contributed by atoms with Gasteiger partial charge in [-0.3, -0.25) is 0 Å². The monoisotopic (exact) mass is 223 g/mol. The number of hydrogen-bond acceptors (Lipinski definition) is 3. The first-order chi connectivity index (χ1) is 7.79. The topological polar surface area (TPSA) is 34.4 Å². The van der Waals surface area contributed by atoms with Crippen molar-refractivity contribution >= 4 is 0 Å².